The lowest BCUT2D eigenvalue weighted by molar-refractivity contribution is -0.385. The summed E-state index contributed by atoms with van der Waals surface area (Å²) in [4.78, 5) is 22.2. The van der Waals surface area contributed by atoms with Gasteiger partial charge < -0.3 is 5.32 Å². The van der Waals surface area contributed by atoms with Crippen LogP contribution in [0.15, 0.2) is 48.5 Å². The summed E-state index contributed by atoms with van der Waals surface area (Å²) >= 11 is 0. The number of nitro benzene ring substituents is 1. The molecular weight excluding hydrogens is 244 g/mol. The lowest BCUT2D eigenvalue weighted by Crippen LogP contribution is -2.12. The van der Waals surface area contributed by atoms with E-state index in [1.165, 1.54) is 18.2 Å². The predicted octanol–water partition coefficient (Wildman–Crippen LogP) is 3.16. The monoisotopic (exact) mass is 256 g/mol. The second-order valence-electron chi connectivity index (χ2n) is 4.08. The third kappa shape index (κ3) is 2.95. The number of nitro groups is 1. The lowest BCUT2D eigenvalue weighted by atomic mass is 10.1. The van der Waals surface area contributed by atoms with Gasteiger partial charge in [-0.3, -0.25) is 14.9 Å². The Balaban J connectivity index is 2.21. The minimum Gasteiger partial charge on any atom is -0.322 e. The Morgan fingerprint density at radius 1 is 1.16 bits per heavy atom. The molecule has 0 aliphatic rings. The topological polar surface area (TPSA) is 72.2 Å². The Morgan fingerprint density at radius 2 is 1.84 bits per heavy atom. The van der Waals surface area contributed by atoms with Crippen molar-refractivity contribution < 1.29 is 9.72 Å². The number of benzene rings is 2. The van der Waals surface area contributed by atoms with E-state index in [0.717, 1.165) is 0 Å². The Hall–Kier alpha value is -2.69. The Kier molecular flexibility index (Phi) is 3.56. The minimum atomic E-state index is -0.464. The van der Waals surface area contributed by atoms with Crippen LogP contribution in [0, 0.1) is 17.0 Å². The molecule has 0 saturated carbocycles. The van der Waals surface area contributed by atoms with Gasteiger partial charge in [0.05, 0.1) is 4.92 Å². The maximum absolute atomic E-state index is 12.0. The molecule has 0 aliphatic carbocycles. The number of para-hydroxylation sites is 1. The fourth-order valence-electron chi connectivity index (χ4n) is 1.73. The third-order valence-electron chi connectivity index (χ3n) is 2.69. The van der Waals surface area contributed by atoms with Crippen molar-refractivity contribution in [3.8, 4) is 0 Å². The molecule has 0 aromatic heterocycles. The van der Waals surface area contributed by atoms with E-state index < -0.39 is 4.92 Å². The lowest BCUT2D eigenvalue weighted by Gasteiger charge is -2.05. The molecule has 0 bridgehead atoms. The molecule has 0 heterocycles. The van der Waals surface area contributed by atoms with E-state index in [1.807, 2.05) is 18.2 Å². The summed E-state index contributed by atoms with van der Waals surface area (Å²) in [6, 6.07) is 13.3. The number of carbonyl (C=O) groups excluding carboxylic acids is 1. The van der Waals surface area contributed by atoms with Crippen LogP contribution in [0.5, 0.6) is 0 Å². The molecule has 5 heteroatoms. The molecule has 0 atom stereocenters. The highest BCUT2D eigenvalue weighted by Gasteiger charge is 2.13. The smallest absolute Gasteiger partial charge is 0.272 e. The van der Waals surface area contributed by atoms with Gasteiger partial charge >= 0.3 is 0 Å². The zero-order valence-corrected chi connectivity index (χ0v) is 10.3. The van der Waals surface area contributed by atoms with Crippen molar-refractivity contribution in [2.24, 2.45) is 0 Å². The summed E-state index contributed by atoms with van der Waals surface area (Å²) in [6.07, 6.45) is 0. The van der Waals surface area contributed by atoms with Gasteiger partial charge in [0.15, 0.2) is 0 Å². The van der Waals surface area contributed by atoms with Crippen LogP contribution >= 0.6 is 0 Å². The standard InChI is InChI=1S/C14H12N2O3/c1-10-9-11(7-8-13(10)16(18)19)14(17)15-12-5-3-2-4-6-12/h2-9H,1H3,(H,15,17). The van der Waals surface area contributed by atoms with E-state index in [-0.39, 0.29) is 11.6 Å². The molecule has 5 nitrogen and oxygen atoms in total. The fraction of sp³-hybridized carbons (Fsp3) is 0.0714. The maximum Gasteiger partial charge on any atom is 0.272 e. The number of amides is 1. The normalized spacial score (nSPS) is 9.95. The van der Waals surface area contributed by atoms with Crippen LogP contribution in [0.3, 0.4) is 0 Å². The molecule has 0 fully saturated rings. The van der Waals surface area contributed by atoms with Crippen molar-refractivity contribution in [3.05, 3.63) is 69.8 Å². The summed E-state index contributed by atoms with van der Waals surface area (Å²) in [5.41, 5.74) is 1.55. The number of nitrogens with one attached hydrogen (secondary N) is 1. The highest BCUT2D eigenvalue weighted by atomic mass is 16.6. The number of carbonyl (C=O) groups is 1. The van der Waals surface area contributed by atoms with Gasteiger partial charge in [0.2, 0.25) is 0 Å². The van der Waals surface area contributed by atoms with Crippen LogP contribution in [0.1, 0.15) is 15.9 Å². The zero-order valence-electron chi connectivity index (χ0n) is 10.3. The highest BCUT2D eigenvalue weighted by Crippen LogP contribution is 2.19. The van der Waals surface area contributed by atoms with Crippen molar-refractivity contribution in [1.82, 2.24) is 0 Å². The van der Waals surface area contributed by atoms with E-state index in [2.05, 4.69) is 5.32 Å². The largest absolute Gasteiger partial charge is 0.322 e. The molecule has 96 valence electrons. The molecule has 19 heavy (non-hydrogen) atoms. The minimum absolute atomic E-state index is 0.0104. The van der Waals surface area contributed by atoms with Crippen molar-refractivity contribution in [3.63, 3.8) is 0 Å². The molecule has 1 amide bonds. The van der Waals surface area contributed by atoms with Crippen LogP contribution in [-0.2, 0) is 0 Å². The van der Waals surface area contributed by atoms with Crippen LogP contribution in [0.2, 0.25) is 0 Å². The fourth-order valence-corrected chi connectivity index (χ4v) is 1.73. The number of rotatable bonds is 3. The van der Waals surface area contributed by atoms with Gasteiger partial charge in [-0.05, 0) is 31.2 Å². The van der Waals surface area contributed by atoms with Gasteiger partial charge in [-0.15, -0.1) is 0 Å². The molecule has 0 aliphatic heterocycles. The van der Waals surface area contributed by atoms with Gasteiger partial charge in [0.1, 0.15) is 0 Å². The first-order valence-electron chi connectivity index (χ1n) is 5.69. The summed E-state index contributed by atoms with van der Waals surface area (Å²) < 4.78 is 0. The molecule has 2 aromatic carbocycles. The van der Waals surface area contributed by atoms with E-state index in [0.29, 0.717) is 16.8 Å². The SMILES string of the molecule is Cc1cc(C(=O)Nc2ccccc2)ccc1[N+](=O)[O-]. The van der Waals surface area contributed by atoms with Crippen LogP contribution in [0.4, 0.5) is 11.4 Å². The second-order valence-corrected chi connectivity index (χ2v) is 4.08. The molecule has 1 N–H and O–H groups in total. The van der Waals surface area contributed by atoms with Gasteiger partial charge in [-0.2, -0.15) is 0 Å². The molecule has 0 saturated heterocycles. The average molecular weight is 256 g/mol. The van der Waals surface area contributed by atoms with Gasteiger partial charge in [0.25, 0.3) is 11.6 Å². The quantitative estimate of drug-likeness (QED) is 0.677. The summed E-state index contributed by atoms with van der Waals surface area (Å²) in [6.45, 7) is 1.61. The average Bonchev–Trinajstić information content (AvgIpc) is 2.39. The molecule has 2 rings (SSSR count). The number of hydrogen-bond acceptors (Lipinski definition) is 3. The van der Waals surface area contributed by atoms with Crippen molar-refractivity contribution in [2.75, 3.05) is 5.32 Å². The first-order chi connectivity index (χ1) is 9.08. The van der Waals surface area contributed by atoms with Crippen molar-refractivity contribution >= 4 is 17.3 Å². The van der Waals surface area contributed by atoms with E-state index in [4.69, 9.17) is 0 Å². The molecule has 0 unspecified atom stereocenters. The molecule has 0 spiro atoms. The summed E-state index contributed by atoms with van der Waals surface area (Å²) in [5.74, 6) is -0.288. The van der Waals surface area contributed by atoms with Gasteiger partial charge in [0, 0.05) is 22.9 Å². The zero-order chi connectivity index (χ0) is 13.8. The Labute approximate surface area is 110 Å². The van der Waals surface area contributed by atoms with E-state index in [9.17, 15) is 14.9 Å². The second kappa shape index (κ2) is 5.30. The van der Waals surface area contributed by atoms with Crippen LogP contribution < -0.4 is 5.32 Å². The Morgan fingerprint density at radius 3 is 2.42 bits per heavy atom. The number of anilines is 1. The predicted molar refractivity (Wildman–Crippen MR) is 72.2 cm³/mol. The van der Waals surface area contributed by atoms with E-state index in [1.54, 1.807) is 19.1 Å². The molecule has 2 aromatic rings. The Bertz CT molecular complexity index is 624. The number of aryl methyl sites for hydroxylation is 1. The van der Waals surface area contributed by atoms with Crippen LogP contribution in [-0.4, -0.2) is 10.8 Å². The van der Waals surface area contributed by atoms with Gasteiger partial charge in [-0.1, -0.05) is 18.2 Å². The first-order valence-corrected chi connectivity index (χ1v) is 5.69. The summed E-state index contributed by atoms with van der Waals surface area (Å²) in [5, 5.41) is 13.4. The first kappa shape index (κ1) is 12.8. The summed E-state index contributed by atoms with van der Waals surface area (Å²) in [7, 11) is 0. The van der Waals surface area contributed by atoms with Gasteiger partial charge in [-0.25, -0.2) is 0 Å². The van der Waals surface area contributed by atoms with Crippen molar-refractivity contribution in [1.29, 1.82) is 0 Å². The number of hydrogen-bond donors (Lipinski definition) is 1. The number of nitrogens with zero attached hydrogens (tertiary/aromatic N) is 1. The van der Waals surface area contributed by atoms with Crippen LogP contribution in [0.25, 0.3) is 0 Å². The van der Waals surface area contributed by atoms with E-state index >= 15 is 0 Å². The molecule has 0 radical (unpaired) electrons. The van der Waals surface area contributed by atoms with Crippen molar-refractivity contribution in [2.45, 2.75) is 6.92 Å². The third-order valence-corrected chi connectivity index (χ3v) is 2.69. The highest BCUT2D eigenvalue weighted by molar-refractivity contribution is 6.04. The molecular formula is C14H12N2O3. The maximum atomic E-state index is 12.0.